The van der Waals surface area contributed by atoms with Crippen molar-refractivity contribution in [2.24, 2.45) is 10.1 Å². The van der Waals surface area contributed by atoms with Crippen molar-refractivity contribution in [3.63, 3.8) is 0 Å². The number of para-hydroxylation sites is 1. The standard InChI is InChI=1S/C10H10N4O2S/c1-14-7-5-3-2-4-6(7)8(9(14)15)12-17-13-10(11)16/h2-5H,1H3,(H3,11,13,16)/b12-8-. The molecule has 0 saturated carbocycles. The number of hydrogen-bond donors (Lipinski definition) is 2. The van der Waals surface area contributed by atoms with Crippen LogP contribution < -0.4 is 15.4 Å². The van der Waals surface area contributed by atoms with Gasteiger partial charge in [0.2, 0.25) is 0 Å². The molecule has 0 aliphatic carbocycles. The zero-order chi connectivity index (χ0) is 12.4. The number of likely N-dealkylation sites (N-methyl/N-ethyl adjacent to an activating group) is 1. The van der Waals surface area contributed by atoms with E-state index in [9.17, 15) is 9.59 Å². The number of primary amides is 1. The average molecular weight is 250 g/mol. The molecule has 1 aliphatic rings. The molecule has 0 aromatic heterocycles. The van der Waals surface area contributed by atoms with E-state index in [-0.39, 0.29) is 5.91 Å². The molecule has 0 spiro atoms. The normalized spacial score (nSPS) is 16.2. The number of hydrogen-bond acceptors (Lipinski definition) is 4. The number of fused-ring (bicyclic) bond motifs is 1. The van der Waals surface area contributed by atoms with E-state index >= 15 is 0 Å². The Morgan fingerprint density at radius 3 is 2.88 bits per heavy atom. The van der Waals surface area contributed by atoms with Crippen LogP contribution in [0.3, 0.4) is 0 Å². The van der Waals surface area contributed by atoms with E-state index in [1.165, 1.54) is 4.90 Å². The molecule has 0 atom stereocenters. The molecule has 3 amide bonds. The SMILES string of the molecule is CN1C(=O)/C(=N\SNC(N)=O)c2ccccc21. The lowest BCUT2D eigenvalue weighted by molar-refractivity contribution is -0.111. The van der Waals surface area contributed by atoms with Gasteiger partial charge in [-0.15, -0.1) is 0 Å². The average Bonchev–Trinajstić information content (AvgIpc) is 2.54. The number of carbonyl (C=O) groups excluding carboxylic acids is 2. The smallest absolute Gasteiger partial charge is 0.323 e. The fourth-order valence-corrected chi connectivity index (χ4v) is 1.95. The molecule has 1 aromatic rings. The second-order valence-electron chi connectivity index (χ2n) is 3.38. The molecule has 2 rings (SSSR count). The predicted molar refractivity (Wildman–Crippen MR) is 66.7 cm³/mol. The highest BCUT2D eigenvalue weighted by Gasteiger charge is 2.30. The number of anilines is 1. The maximum Gasteiger partial charge on any atom is 0.323 e. The Labute approximate surface area is 102 Å². The van der Waals surface area contributed by atoms with E-state index in [0.29, 0.717) is 5.71 Å². The van der Waals surface area contributed by atoms with Crippen molar-refractivity contribution in [3.8, 4) is 0 Å². The van der Waals surface area contributed by atoms with Gasteiger partial charge in [-0.05, 0) is 6.07 Å². The van der Waals surface area contributed by atoms with E-state index in [1.807, 2.05) is 18.2 Å². The van der Waals surface area contributed by atoms with Crippen LogP contribution >= 0.6 is 12.1 Å². The quantitative estimate of drug-likeness (QED) is 0.757. The van der Waals surface area contributed by atoms with Gasteiger partial charge in [0.05, 0.1) is 17.8 Å². The molecule has 3 N–H and O–H groups in total. The van der Waals surface area contributed by atoms with Crippen molar-refractivity contribution in [1.82, 2.24) is 4.72 Å². The van der Waals surface area contributed by atoms with Crippen LogP contribution in [0.5, 0.6) is 0 Å². The van der Waals surface area contributed by atoms with Gasteiger partial charge in [0, 0.05) is 12.6 Å². The summed E-state index contributed by atoms with van der Waals surface area (Å²) in [5.74, 6) is -0.204. The number of nitrogens with zero attached hydrogens (tertiary/aromatic N) is 2. The molecule has 6 nitrogen and oxygen atoms in total. The summed E-state index contributed by atoms with van der Waals surface area (Å²) in [5, 5.41) is 0. The van der Waals surface area contributed by atoms with Crippen LogP contribution in [-0.2, 0) is 4.79 Å². The Kier molecular flexibility index (Phi) is 3.01. The Hall–Kier alpha value is -2.02. The van der Waals surface area contributed by atoms with Crippen molar-refractivity contribution in [2.45, 2.75) is 0 Å². The molecule has 1 heterocycles. The Balaban J connectivity index is 2.30. The highest BCUT2D eigenvalue weighted by molar-refractivity contribution is 7.96. The van der Waals surface area contributed by atoms with Crippen LogP contribution in [-0.4, -0.2) is 24.7 Å². The zero-order valence-corrected chi connectivity index (χ0v) is 9.82. The first-order valence-electron chi connectivity index (χ1n) is 4.78. The van der Waals surface area contributed by atoms with Gasteiger partial charge in [0.15, 0.2) is 0 Å². The minimum absolute atomic E-state index is 0.204. The van der Waals surface area contributed by atoms with Crippen molar-refractivity contribution in [2.75, 3.05) is 11.9 Å². The maximum absolute atomic E-state index is 11.9. The third kappa shape index (κ3) is 2.09. The molecule has 1 aliphatic heterocycles. The summed E-state index contributed by atoms with van der Waals surface area (Å²) in [7, 11) is 1.68. The Morgan fingerprint density at radius 1 is 1.47 bits per heavy atom. The lowest BCUT2D eigenvalue weighted by Crippen LogP contribution is -2.26. The van der Waals surface area contributed by atoms with Gasteiger partial charge in [-0.25, -0.2) is 4.79 Å². The highest BCUT2D eigenvalue weighted by Crippen LogP contribution is 2.28. The minimum atomic E-state index is -0.702. The second-order valence-corrected chi connectivity index (χ2v) is 3.95. The number of nitrogens with two attached hydrogens (primary N) is 1. The largest absolute Gasteiger partial charge is 0.351 e. The molecular formula is C10H10N4O2S. The summed E-state index contributed by atoms with van der Waals surface area (Å²) in [6.45, 7) is 0. The van der Waals surface area contributed by atoms with Crippen molar-refractivity contribution in [3.05, 3.63) is 29.8 Å². The Morgan fingerprint density at radius 2 is 2.18 bits per heavy atom. The summed E-state index contributed by atoms with van der Waals surface area (Å²) in [6.07, 6.45) is 0. The van der Waals surface area contributed by atoms with Gasteiger partial charge in [-0.1, -0.05) is 18.2 Å². The fourth-order valence-electron chi connectivity index (χ4n) is 1.55. The second kappa shape index (κ2) is 4.46. The first-order chi connectivity index (χ1) is 8.11. The number of amides is 3. The zero-order valence-electron chi connectivity index (χ0n) is 9.01. The molecule has 0 bridgehead atoms. The van der Waals surface area contributed by atoms with E-state index in [0.717, 1.165) is 23.4 Å². The van der Waals surface area contributed by atoms with Gasteiger partial charge in [-0.2, -0.15) is 4.40 Å². The highest BCUT2D eigenvalue weighted by atomic mass is 32.2. The predicted octanol–water partition coefficient (Wildman–Crippen LogP) is 0.684. The summed E-state index contributed by atoms with van der Waals surface area (Å²) in [4.78, 5) is 23.9. The van der Waals surface area contributed by atoms with Crippen LogP contribution in [0.15, 0.2) is 28.7 Å². The van der Waals surface area contributed by atoms with E-state index in [2.05, 4.69) is 9.12 Å². The van der Waals surface area contributed by atoms with E-state index in [1.54, 1.807) is 13.1 Å². The molecule has 0 saturated heterocycles. The molecule has 0 unspecified atom stereocenters. The third-order valence-electron chi connectivity index (χ3n) is 2.31. The lowest BCUT2D eigenvalue weighted by Gasteiger charge is -2.07. The maximum atomic E-state index is 11.9. The van der Waals surface area contributed by atoms with Gasteiger partial charge in [0.1, 0.15) is 5.71 Å². The minimum Gasteiger partial charge on any atom is -0.351 e. The number of rotatable bonds is 2. The number of carbonyl (C=O) groups is 2. The van der Waals surface area contributed by atoms with Gasteiger partial charge >= 0.3 is 6.03 Å². The number of urea groups is 1. The number of nitrogens with one attached hydrogen (secondary N) is 1. The van der Waals surface area contributed by atoms with Gasteiger partial charge in [0.25, 0.3) is 5.91 Å². The molecule has 88 valence electrons. The van der Waals surface area contributed by atoms with Crippen LogP contribution in [0.1, 0.15) is 5.56 Å². The topological polar surface area (TPSA) is 87.8 Å². The van der Waals surface area contributed by atoms with Crippen molar-refractivity contribution in [1.29, 1.82) is 0 Å². The number of benzene rings is 1. The molecule has 0 fully saturated rings. The molecule has 7 heteroatoms. The molecule has 0 radical (unpaired) electrons. The van der Waals surface area contributed by atoms with Crippen LogP contribution in [0.2, 0.25) is 0 Å². The monoisotopic (exact) mass is 250 g/mol. The van der Waals surface area contributed by atoms with Gasteiger partial charge < -0.3 is 10.6 Å². The summed E-state index contributed by atoms with van der Waals surface area (Å²) < 4.78 is 6.20. The summed E-state index contributed by atoms with van der Waals surface area (Å²) in [6, 6.07) is 6.61. The third-order valence-corrected chi connectivity index (χ3v) is 2.88. The van der Waals surface area contributed by atoms with Crippen LogP contribution in [0.4, 0.5) is 10.5 Å². The Bertz CT molecular complexity index is 515. The van der Waals surface area contributed by atoms with Gasteiger partial charge in [-0.3, -0.25) is 9.52 Å². The van der Waals surface area contributed by atoms with Crippen LogP contribution in [0.25, 0.3) is 0 Å². The first-order valence-corrected chi connectivity index (χ1v) is 5.55. The first kappa shape index (κ1) is 11.5. The van der Waals surface area contributed by atoms with E-state index < -0.39 is 6.03 Å². The lowest BCUT2D eigenvalue weighted by atomic mass is 10.1. The van der Waals surface area contributed by atoms with Crippen molar-refractivity contribution < 1.29 is 9.59 Å². The van der Waals surface area contributed by atoms with E-state index in [4.69, 9.17) is 5.73 Å². The summed E-state index contributed by atoms with van der Waals surface area (Å²) in [5.41, 5.74) is 6.76. The molecule has 1 aromatic carbocycles. The van der Waals surface area contributed by atoms with Crippen molar-refractivity contribution >= 4 is 35.5 Å². The fraction of sp³-hybridized carbons (Fsp3) is 0.100. The summed E-state index contributed by atoms with van der Waals surface area (Å²) >= 11 is 0.744. The molecular weight excluding hydrogens is 240 g/mol. The van der Waals surface area contributed by atoms with Crippen LogP contribution in [0, 0.1) is 0 Å². The molecule has 17 heavy (non-hydrogen) atoms.